The molecule has 1 spiro atoms. The van der Waals surface area contributed by atoms with Gasteiger partial charge in [-0.1, -0.05) is 50.6 Å². The van der Waals surface area contributed by atoms with Crippen molar-refractivity contribution in [3.05, 3.63) is 35.9 Å². The fourth-order valence-corrected chi connectivity index (χ4v) is 3.28. The maximum absolute atomic E-state index is 6.27. The summed E-state index contributed by atoms with van der Waals surface area (Å²) in [5.41, 5.74) is 1.51. The molecule has 104 valence electrons. The molecular weight excluding hydrogens is 236 g/mol. The van der Waals surface area contributed by atoms with E-state index >= 15 is 0 Å². The van der Waals surface area contributed by atoms with E-state index in [1.54, 1.807) is 0 Å². The SMILES string of the molecule is CC1(C)COC2(CCCCC2c2ccccc2)OC1. The molecule has 0 amide bonds. The van der Waals surface area contributed by atoms with Crippen LogP contribution in [0.2, 0.25) is 0 Å². The van der Waals surface area contributed by atoms with Crippen molar-refractivity contribution in [1.29, 1.82) is 0 Å². The van der Waals surface area contributed by atoms with E-state index in [9.17, 15) is 0 Å². The predicted octanol–water partition coefficient (Wildman–Crippen LogP) is 4.11. The van der Waals surface area contributed by atoms with Gasteiger partial charge in [0.15, 0.2) is 5.79 Å². The molecule has 2 heteroatoms. The molecule has 0 N–H and O–H groups in total. The van der Waals surface area contributed by atoms with E-state index in [1.165, 1.54) is 24.8 Å². The second-order valence-corrected chi connectivity index (χ2v) is 6.76. The van der Waals surface area contributed by atoms with Crippen molar-refractivity contribution in [2.45, 2.75) is 51.2 Å². The first-order chi connectivity index (χ1) is 9.11. The van der Waals surface area contributed by atoms with E-state index in [-0.39, 0.29) is 11.2 Å². The van der Waals surface area contributed by atoms with E-state index in [0.717, 1.165) is 19.6 Å². The summed E-state index contributed by atoms with van der Waals surface area (Å²) >= 11 is 0. The van der Waals surface area contributed by atoms with Crippen LogP contribution in [0.3, 0.4) is 0 Å². The number of benzene rings is 1. The lowest BCUT2D eigenvalue weighted by Gasteiger charge is -2.49. The molecule has 1 atom stereocenters. The Hall–Kier alpha value is -0.860. The van der Waals surface area contributed by atoms with Crippen LogP contribution in [0.5, 0.6) is 0 Å². The third-order valence-electron chi connectivity index (χ3n) is 4.42. The first kappa shape index (κ1) is 13.1. The Bertz CT molecular complexity index is 414. The molecule has 0 aromatic heterocycles. The van der Waals surface area contributed by atoms with E-state index in [0.29, 0.717) is 5.92 Å². The summed E-state index contributed by atoms with van der Waals surface area (Å²) in [6, 6.07) is 10.7. The number of hydrogen-bond acceptors (Lipinski definition) is 2. The maximum atomic E-state index is 6.27. The molecule has 1 unspecified atom stereocenters. The number of rotatable bonds is 1. The van der Waals surface area contributed by atoms with Crippen molar-refractivity contribution < 1.29 is 9.47 Å². The molecule has 1 aliphatic heterocycles. The summed E-state index contributed by atoms with van der Waals surface area (Å²) < 4.78 is 12.5. The lowest BCUT2D eigenvalue weighted by molar-refractivity contribution is -0.318. The molecule has 2 aliphatic rings. The van der Waals surface area contributed by atoms with Gasteiger partial charge in [0.05, 0.1) is 13.2 Å². The van der Waals surface area contributed by atoms with Gasteiger partial charge in [0, 0.05) is 17.8 Å². The average molecular weight is 260 g/mol. The average Bonchev–Trinajstić information content (AvgIpc) is 2.44. The Morgan fingerprint density at radius 3 is 2.37 bits per heavy atom. The molecule has 3 rings (SSSR count). The van der Waals surface area contributed by atoms with Crippen LogP contribution >= 0.6 is 0 Å². The molecule has 1 aliphatic carbocycles. The third-order valence-corrected chi connectivity index (χ3v) is 4.42. The molecule has 0 bridgehead atoms. The highest BCUT2D eigenvalue weighted by Gasteiger charge is 2.48. The highest BCUT2D eigenvalue weighted by atomic mass is 16.7. The minimum Gasteiger partial charge on any atom is -0.349 e. The summed E-state index contributed by atoms with van der Waals surface area (Å²) in [4.78, 5) is 0. The highest BCUT2D eigenvalue weighted by molar-refractivity contribution is 5.23. The minimum absolute atomic E-state index is 0.143. The van der Waals surface area contributed by atoms with Crippen LogP contribution in [-0.4, -0.2) is 19.0 Å². The molecule has 1 aromatic carbocycles. The zero-order valence-electron chi connectivity index (χ0n) is 12.0. The molecule has 1 saturated carbocycles. The van der Waals surface area contributed by atoms with Gasteiger partial charge >= 0.3 is 0 Å². The van der Waals surface area contributed by atoms with Gasteiger partial charge in [-0.15, -0.1) is 0 Å². The molecule has 2 nitrogen and oxygen atoms in total. The molecule has 0 radical (unpaired) electrons. The zero-order chi connectivity index (χ0) is 13.3. The van der Waals surface area contributed by atoms with Crippen LogP contribution in [0, 0.1) is 5.41 Å². The second kappa shape index (κ2) is 4.92. The van der Waals surface area contributed by atoms with Crippen LogP contribution in [-0.2, 0) is 9.47 Å². The Morgan fingerprint density at radius 2 is 1.68 bits per heavy atom. The first-order valence-electron chi connectivity index (χ1n) is 7.44. The molecule has 19 heavy (non-hydrogen) atoms. The largest absolute Gasteiger partial charge is 0.349 e. The van der Waals surface area contributed by atoms with E-state index in [2.05, 4.69) is 44.2 Å². The van der Waals surface area contributed by atoms with Gasteiger partial charge in [-0.3, -0.25) is 0 Å². The topological polar surface area (TPSA) is 18.5 Å². The maximum Gasteiger partial charge on any atom is 0.175 e. The quantitative estimate of drug-likeness (QED) is 0.756. The fourth-order valence-electron chi connectivity index (χ4n) is 3.28. The minimum atomic E-state index is -0.366. The molecule has 1 heterocycles. The summed E-state index contributed by atoms with van der Waals surface area (Å²) in [6.07, 6.45) is 4.69. The van der Waals surface area contributed by atoms with Gasteiger partial charge in [-0.05, 0) is 18.4 Å². The van der Waals surface area contributed by atoms with Gasteiger partial charge < -0.3 is 9.47 Å². The van der Waals surface area contributed by atoms with Gasteiger partial charge in [0.1, 0.15) is 0 Å². The molecular formula is C17H24O2. The van der Waals surface area contributed by atoms with Crippen molar-refractivity contribution >= 4 is 0 Å². The van der Waals surface area contributed by atoms with Crippen LogP contribution in [0.1, 0.15) is 51.0 Å². The zero-order valence-corrected chi connectivity index (χ0v) is 12.0. The van der Waals surface area contributed by atoms with Crippen LogP contribution in [0.25, 0.3) is 0 Å². The van der Waals surface area contributed by atoms with Crippen LogP contribution in [0.15, 0.2) is 30.3 Å². The van der Waals surface area contributed by atoms with Crippen molar-refractivity contribution in [3.8, 4) is 0 Å². The third kappa shape index (κ3) is 2.56. The lowest BCUT2D eigenvalue weighted by atomic mass is 9.77. The monoisotopic (exact) mass is 260 g/mol. The Balaban J connectivity index is 1.86. The van der Waals surface area contributed by atoms with Gasteiger partial charge in [-0.2, -0.15) is 0 Å². The first-order valence-corrected chi connectivity index (χ1v) is 7.44. The standard InChI is InChI=1S/C17H24O2/c1-16(2)12-18-17(19-13-16)11-7-6-10-15(17)14-8-4-3-5-9-14/h3-5,8-9,15H,6-7,10-13H2,1-2H3. The van der Waals surface area contributed by atoms with Gasteiger partial charge in [-0.25, -0.2) is 0 Å². The lowest BCUT2D eigenvalue weighted by Crippen LogP contribution is -2.52. The van der Waals surface area contributed by atoms with Gasteiger partial charge in [0.2, 0.25) is 0 Å². The van der Waals surface area contributed by atoms with Crippen LogP contribution < -0.4 is 0 Å². The molecule has 1 aromatic rings. The summed E-state index contributed by atoms with van der Waals surface area (Å²) in [5.74, 6) is 0.0216. The smallest absolute Gasteiger partial charge is 0.175 e. The van der Waals surface area contributed by atoms with Crippen molar-refractivity contribution in [1.82, 2.24) is 0 Å². The van der Waals surface area contributed by atoms with E-state index in [4.69, 9.17) is 9.47 Å². The Morgan fingerprint density at radius 1 is 1.00 bits per heavy atom. The van der Waals surface area contributed by atoms with Crippen molar-refractivity contribution in [2.24, 2.45) is 5.41 Å². The number of ether oxygens (including phenoxy) is 2. The number of hydrogen-bond donors (Lipinski definition) is 0. The van der Waals surface area contributed by atoms with Crippen LogP contribution in [0.4, 0.5) is 0 Å². The molecule has 2 fully saturated rings. The second-order valence-electron chi connectivity index (χ2n) is 6.76. The van der Waals surface area contributed by atoms with Crippen molar-refractivity contribution in [2.75, 3.05) is 13.2 Å². The Kier molecular flexibility index (Phi) is 3.40. The summed E-state index contributed by atoms with van der Waals surface area (Å²) in [7, 11) is 0. The fraction of sp³-hybridized carbons (Fsp3) is 0.647. The van der Waals surface area contributed by atoms with E-state index in [1.807, 2.05) is 0 Å². The predicted molar refractivity (Wildman–Crippen MR) is 76.1 cm³/mol. The Labute approximate surface area is 116 Å². The normalized spacial score (nSPS) is 29.3. The summed E-state index contributed by atoms with van der Waals surface area (Å²) in [6.45, 7) is 6.02. The van der Waals surface area contributed by atoms with E-state index < -0.39 is 0 Å². The summed E-state index contributed by atoms with van der Waals surface area (Å²) in [5, 5.41) is 0. The highest BCUT2D eigenvalue weighted by Crippen LogP contribution is 2.47. The van der Waals surface area contributed by atoms with Gasteiger partial charge in [0.25, 0.3) is 0 Å². The van der Waals surface area contributed by atoms with Crippen molar-refractivity contribution in [3.63, 3.8) is 0 Å². The molecule has 1 saturated heterocycles.